The van der Waals surface area contributed by atoms with Gasteiger partial charge in [0.2, 0.25) is 11.3 Å². The van der Waals surface area contributed by atoms with Gasteiger partial charge in [-0.25, -0.2) is 0 Å². The van der Waals surface area contributed by atoms with Crippen molar-refractivity contribution in [3.63, 3.8) is 0 Å². The number of ketones is 1. The number of aldehydes is 1. The Balaban J connectivity index is 2.15. The second-order valence-corrected chi connectivity index (χ2v) is 4.22. The summed E-state index contributed by atoms with van der Waals surface area (Å²) in [5, 5.41) is 0. The Kier molecular flexibility index (Phi) is 4.31. The van der Waals surface area contributed by atoms with Crippen LogP contribution in [0.3, 0.4) is 0 Å². The SMILES string of the molecule is O=Cc1ccccc1OC(Cl)C(=O)c1ccccc1. The number of carbonyl (C=O) groups is 2. The van der Waals surface area contributed by atoms with Gasteiger partial charge in [-0.3, -0.25) is 9.59 Å². The first-order valence-corrected chi connectivity index (χ1v) is 6.10. The third-order valence-electron chi connectivity index (χ3n) is 2.54. The molecule has 4 heteroatoms. The minimum Gasteiger partial charge on any atom is -0.466 e. The molecule has 0 bridgehead atoms. The van der Waals surface area contributed by atoms with Crippen LogP contribution < -0.4 is 4.74 Å². The second kappa shape index (κ2) is 6.16. The molecule has 0 amide bonds. The van der Waals surface area contributed by atoms with E-state index in [1.54, 1.807) is 48.5 Å². The molecule has 2 aromatic carbocycles. The lowest BCUT2D eigenvalue weighted by molar-refractivity contribution is 0.0881. The van der Waals surface area contributed by atoms with Crippen LogP contribution in [0.1, 0.15) is 20.7 Å². The highest BCUT2D eigenvalue weighted by atomic mass is 35.5. The number of ether oxygens (including phenoxy) is 1. The van der Waals surface area contributed by atoms with Crippen molar-refractivity contribution in [2.24, 2.45) is 0 Å². The van der Waals surface area contributed by atoms with Gasteiger partial charge in [0.15, 0.2) is 6.29 Å². The normalized spacial score (nSPS) is 11.6. The molecule has 0 fully saturated rings. The molecule has 0 radical (unpaired) electrons. The fourth-order valence-corrected chi connectivity index (χ4v) is 1.81. The van der Waals surface area contributed by atoms with Gasteiger partial charge in [0.25, 0.3) is 0 Å². The van der Waals surface area contributed by atoms with E-state index in [1.807, 2.05) is 6.07 Å². The van der Waals surface area contributed by atoms with Gasteiger partial charge in [-0.05, 0) is 12.1 Å². The maximum absolute atomic E-state index is 12.0. The molecule has 0 heterocycles. The molecule has 0 spiro atoms. The molecule has 0 saturated carbocycles. The minimum atomic E-state index is -1.16. The molecule has 19 heavy (non-hydrogen) atoms. The van der Waals surface area contributed by atoms with Crippen LogP contribution in [-0.4, -0.2) is 17.6 Å². The zero-order chi connectivity index (χ0) is 13.7. The Hall–Kier alpha value is -2.13. The maximum atomic E-state index is 12.0. The summed E-state index contributed by atoms with van der Waals surface area (Å²) in [5.41, 5.74) is -0.344. The summed E-state index contributed by atoms with van der Waals surface area (Å²) in [6.07, 6.45) is 0.659. The van der Waals surface area contributed by atoms with Crippen LogP contribution in [0, 0.1) is 0 Å². The number of carbonyl (C=O) groups excluding carboxylic acids is 2. The average Bonchev–Trinajstić information content (AvgIpc) is 2.48. The Labute approximate surface area is 115 Å². The fraction of sp³-hybridized carbons (Fsp3) is 0.0667. The Bertz CT molecular complexity index is 581. The smallest absolute Gasteiger partial charge is 0.234 e. The summed E-state index contributed by atoms with van der Waals surface area (Å²) >= 11 is 5.94. The molecule has 0 aliphatic heterocycles. The van der Waals surface area contributed by atoms with Crippen molar-refractivity contribution in [1.29, 1.82) is 0 Å². The Morgan fingerprint density at radius 2 is 1.68 bits per heavy atom. The maximum Gasteiger partial charge on any atom is 0.234 e. The van der Waals surface area contributed by atoms with Crippen molar-refractivity contribution >= 4 is 23.7 Å². The summed E-state index contributed by atoms with van der Waals surface area (Å²) in [6.45, 7) is 0. The number of hydrogen-bond acceptors (Lipinski definition) is 3. The zero-order valence-corrected chi connectivity index (χ0v) is 10.7. The molecule has 2 rings (SSSR count). The summed E-state index contributed by atoms with van der Waals surface area (Å²) in [6, 6.07) is 15.2. The molecule has 0 aliphatic carbocycles. The average molecular weight is 275 g/mol. The van der Waals surface area contributed by atoms with E-state index in [9.17, 15) is 9.59 Å². The van der Waals surface area contributed by atoms with Crippen LogP contribution in [-0.2, 0) is 0 Å². The second-order valence-electron chi connectivity index (χ2n) is 3.82. The van der Waals surface area contributed by atoms with Crippen molar-refractivity contribution in [1.82, 2.24) is 0 Å². The summed E-state index contributed by atoms with van der Waals surface area (Å²) in [4.78, 5) is 22.8. The molecule has 1 atom stereocenters. The van der Waals surface area contributed by atoms with Crippen molar-refractivity contribution in [3.05, 3.63) is 65.7 Å². The topological polar surface area (TPSA) is 43.4 Å². The molecular formula is C15H11ClO3. The third-order valence-corrected chi connectivity index (χ3v) is 2.83. The monoisotopic (exact) mass is 274 g/mol. The Morgan fingerprint density at radius 3 is 2.37 bits per heavy atom. The highest BCUT2D eigenvalue weighted by Crippen LogP contribution is 2.20. The predicted molar refractivity (Wildman–Crippen MR) is 72.9 cm³/mol. The van der Waals surface area contributed by atoms with Crippen LogP contribution in [0.5, 0.6) is 5.75 Å². The number of halogens is 1. The number of benzene rings is 2. The van der Waals surface area contributed by atoms with Gasteiger partial charge in [-0.1, -0.05) is 54.1 Å². The summed E-state index contributed by atoms with van der Waals surface area (Å²) < 4.78 is 5.34. The Morgan fingerprint density at radius 1 is 1.05 bits per heavy atom. The first-order valence-electron chi connectivity index (χ1n) is 5.66. The van der Waals surface area contributed by atoms with E-state index in [0.717, 1.165) is 0 Å². The van der Waals surface area contributed by atoms with E-state index in [0.29, 0.717) is 23.2 Å². The van der Waals surface area contributed by atoms with E-state index in [1.165, 1.54) is 0 Å². The van der Waals surface area contributed by atoms with E-state index in [2.05, 4.69) is 0 Å². The third kappa shape index (κ3) is 3.20. The summed E-state index contributed by atoms with van der Waals surface area (Å²) in [7, 11) is 0. The molecule has 3 nitrogen and oxygen atoms in total. The minimum absolute atomic E-state index is 0.293. The van der Waals surface area contributed by atoms with Gasteiger partial charge in [-0.2, -0.15) is 0 Å². The largest absolute Gasteiger partial charge is 0.466 e. The summed E-state index contributed by atoms with van der Waals surface area (Å²) in [5.74, 6) is -0.0512. The van der Waals surface area contributed by atoms with Crippen LogP contribution in [0.4, 0.5) is 0 Å². The number of alkyl halides is 1. The number of rotatable bonds is 5. The van der Waals surface area contributed by atoms with Gasteiger partial charge in [0.1, 0.15) is 5.75 Å². The molecule has 0 saturated heterocycles. The van der Waals surface area contributed by atoms with Crippen LogP contribution in [0.25, 0.3) is 0 Å². The molecule has 1 unspecified atom stereocenters. The van der Waals surface area contributed by atoms with Gasteiger partial charge < -0.3 is 4.74 Å². The first-order chi connectivity index (χ1) is 9.22. The van der Waals surface area contributed by atoms with Crippen LogP contribution in [0.15, 0.2) is 54.6 Å². The number of Topliss-reactive ketones (excluding diaryl/α,β-unsaturated/α-hetero) is 1. The lowest BCUT2D eigenvalue weighted by Gasteiger charge is -2.13. The van der Waals surface area contributed by atoms with E-state index >= 15 is 0 Å². The van der Waals surface area contributed by atoms with Crippen molar-refractivity contribution in [2.45, 2.75) is 5.56 Å². The highest BCUT2D eigenvalue weighted by molar-refractivity contribution is 6.33. The lowest BCUT2D eigenvalue weighted by atomic mass is 10.1. The molecule has 0 aromatic heterocycles. The van der Waals surface area contributed by atoms with Gasteiger partial charge >= 0.3 is 0 Å². The standard InChI is InChI=1S/C15H11ClO3/c16-15(14(18)11-6-2-1-3-7-11)19-13-9-5-4-8-12(13)10-17/h1-10,15H. The van der Waals surface area contributed by atoms with Crippen molar-refractivity contribution < 1.29 is 14.3 Å². The first kappa shape index (κ1) is 13.3. The van der Waals surface area contributed by atoms with Crippen LogP contribution >= 0.6 is 11.6 Å². The lowest BCUT2D eigenvalue weighted by Crippen LogP contribution is -2.21. The fourth-order valence-electron chi connectivity index (χ4n) is 1.58. The van der Waals surface area contributed by atoms with E-state index in [4.69, 9.17) is 16.3 Å². The van der Waals surface area contributed by atoms with E-state index in [-0.39, 0.29) is 5.78 Å². The molecule has 96 valence electrons. The molecule has 2 aromatic rings. The predicted octanol–water partition coefficient (Wildman–Crippen LogP) is 3.33. The van der Waals surface area contributed by atoms with Gasteiger partial charge in [0.05, 0.1) is 5.56 Å². The zero-order valence-electron chi connectivity index (χ0n) is 9.95. The van der Waals surface area contributed by atoms with E-state index < -0.39 is 5.56 Å². The van der Waals surface area contributed by atoms with Gasteiger partial charge in [-0.15, -0.1) is 0 Å². The van der Waals surface area contributed by atoms with Crippen molar-refractivity contribution in [3.8, 4) is 5.75 Å². The van der Waals surface area contributed by atoms with Gasteiger partial charge in [0, 0.05) is 5.56 Å². The molecule has 0 N–H and O–H groups in total. The number of hydrogen-bond donors (Lipinski definition) is 0. The molecular weight excluding hydrogens is 264 g/mol. The van der Waals surface area contributed by atoms with Crippen LogP contribution in [0.2, 0.25) is 0 Å². The molecule has 0 aliphatic rings. The number of para-hydroxylation sites is 1. The van der Waals surface area contributed by atoms with Crippen molar-refractivity contribution in [2.75, 3.05) is 0 Å². The highest BCUT2D eigenvalue weighted by Gasteiger charge is 2.19. The quantitative estimate of drug-likeness (QED) is 0.477.